The van der Waals surface area contributed by atoms with Gasteiger partial charge in [0.05, 0.1) is 5.92 Å². The number of amides is 1. The lowest BCUT2D eigenvalue weighted by Crippen LogP contribution is -2.53. The van der Waals surface area contributed by atoms with E-state index >= 15 is 0 Å². The van der Waals surface area contributed by atoms with Crippen molar-refractivity contribution in [2.24, 2.45) is 5.92 Å². The minimum absolute atomic E-state index is 0.108. The quantitative estimate of drug-likeness (QED) is 0.862. The molecule has 0 radical (unpaired) electrons. The predicted molar refractivity (Wildman–Crippen MR) is 68.4 cm³/mol. The van der Waals surface area contributed by atoms with Crippen LogP contribution in [0.5, 0.6) is 0 Å². The third-order valence-corrected chi connectivity index (χ3v) is 4.02. The summed E-state index contributed by atoms with van der Waals surface area (Å²) in [6.45, 7) is 1.53. The zero-order valence-corrected chi connectivity index (χ0v) is 10.6. The molecule has 0 atom stereocenters. The van der Waals surface area contributed by atoms with Crippen LogP contribution in [-0.2, 0) is 4.79 Å². The zero-order valence-electron chi connectivity index (χ0n) is 10.6. The second kappa shape index (κ2) is 4.55. The number of nitrogens with zero attached hydrogens (tertiary/aromatic N) is 3. The molecule has 0 bridgehead atoms. The van der Waals surface area contributed by atoms with Gasteiger partial charge in [-0.25, -0.2) is 9.97 Å². The third kappa shape index (κ3) is 1.94. The van der Waals surface area contributed by atoms with Gasteiger partial charge in [-0.3, -0.25) is 4.79 Å². The normalized spacial score (nSPS) is 20.2. The van der Waals surface area contributed by atoms with Gasteiger partial charge in [-0.2, -0.15) is 0 Å². The van der Waals surface area contributed by atoms with Crippen molar-refractivity contribution in [1.82, 2.24) is 15.3 Å². The molecule has 0 unspecified atom stereocenters. The van der Waals surface area contributed by atoms with Crippen LogP contribution in [0.4, 0.5) is 5.82 Å². The number of hydrogen-bond acceptors (Lipinski definition) is 4. The molecule has 1 amide bonds. The van der Waals surface area contributed by atoms with Crippen molar-refractivity contribution in [3.63, 3.8) is 0 Å². The Balaban J connectivity index is 1.65. The maximum atomic E-state index is 11.4. The Kier molecular flexibility index (Phi) is 2.89. The summed E-state index contributed by atoms with van der Waals surface area (Å²) in [5.41, 5.74) is 1.16. The van der Waals surface area contributed by atoms with Gasteiger partial charge in [0.1, 0.15) is 12.1 Å². The SMILES string of the molecule is CNC(=O)C1CN(c2cc(C3CCC3)ncn2)C1. The fourth-order valence-electron chi connectivity index (χ4n) is 2.50. The smallest absolute Gasteiger partial charge is 0.226 e. The Bertz CT molecular complexity index is 452. The standard InChI is InChI=1S/C13H18N4O/c1-14-13(18)10-6-17(7-10)12-5-11(15-8-16-12)9-3-2-4-9/h5,8-10H,2-4,6-7H2,1H3,(H,14,18). The van der Waals surface area contributed by atoms with E-state index in [4.69, 9.17) is 0 Å². The highest BCUT2D eigenvalue weighted by Gasteiger charge is 2.33. The van der Waals surface area contributed by atoms with Crippen molar-refractivity contribution < 1.29 is 4.79 Å². The highest BCUT2D eigenvalue weighted by Crippen LogP contribution is 2.36. The fraction of sp³-hybridized carbons (Fsp3) is 0.615. The lowest BCUT2D eigenvalue weighted by atomic mass is 9.83. The summed E-state index contributed by atoms with van der Waals surface area (Å²) >= 11 is 0. The molecule has 18 heavy (non-hydrogen) atoms. The van der Waals surface area contributed by atoms with Crippen molar-refractivity contribution in [3.05, 3.63) is 18.1 Å². The van der Waals surface area contributed by atoms with E-state index in [1.165, 1.54) is 19.3 Å². The first-order chi connectivity index (χ1) is 8.78. The lowest BCUT2D eigenvalue weighted by Gasteiger charge is -2.39. The highest BCUT2D eigenvalue weighted by atomic mass is 16.1. The molecule has 1 N–H and O–H groups in total. The molecule has 5 nitrogen and oxygen atoms in total. The summed E-state index contributed by atoms with van der Waals surface area (Å²) < 4.78 is 0. The van der Waals surface area contributed by atoms with Crippen LogP contribution in [0.2, 0.25) is 0 Å². The van der Waals surface area contributed by atoms with Crippen LogP contribution < -0.4 is 10.2 Å². The van der Waals surface area contributed by atoms with Gasteiger partial charge >= 0.3 is 0 Å². The summed E-state index contributed by atoms with van der Waals surface area (Å²) in [6, 6.07) is 2.09. The van der Waals surface area contributed by atoms with E-state index in [1.807, 2.05) is 0 Å². The number of aromatic nitrogens is 2. The van der Waals surface area contributed by atoms with Gasteiger partial charge in [-0.15, -0.1) is 0 Å². The van der Waals surface area contributed by atoms with E-state index in [2.05, 4.69) is 26.3 Å². The van der Waals surface area contributed by atoms with Gasteiger partial charge in [-0.05, 0) is 12.8 Å². The molecule has 1 aromatic rings. The van der Waals surface area contributed by atoms with Crippen molar-refractivity contribution in [2.45, 2.75) is 25.2 Å². The molecule has 1 saturated carbocycles. The molecule has 0 aromatic carbocycles. The third-order valence-electron chi connectivity index (χ3n) is 4.02. The first-order valence-electron chi connectivity index (χ1n) is 6.56. The Morgan fingerprint density at radius 2 is 2.17 bits per heavy atom. The topological polar surface area (TPSA) is 58.1 Å². The van der Waals surface area contributed by atoms with Crippen LogP contribution in [0, 0.1) is 5.92 Å². The molecular formula is C13H18N4O. The van der Waals surface area contributed by atoms with E-state index in [0.29, 0.717) is 5.92 Å². The molecule has 1 saturated heterocycles. The second-order valence-corrected chi connectivity index (χ2v) is 5.15. The molecule has 2 aliphatic rings. The largest absolute Gasteiger partial charge is 0.359 e. The molecule has 5 heteroatoms. The minimum atomic E-state index is 0.108. The van der Waals surface area contributed by atoms with E-state index in [9.17, 15) is 4.79 Å². The minimum Gasteiger partial charge on any atom is -0.359 e. The second-order valence-electron chi connectivity index (χ2n) is 5.15. The molecule has 2 fully saturated rings. The van der Waals surface area contributed by atoms with Crippen LogP contribution in [-0.4, -0.2) is 36.0 Å². The van der Waals surface area contributed by atoms with E-state index in [1.54, 1.807) is 13.4 Å². The summed E-state index contributed by atoms with van der Waals surface area (Å²) in [6.07, 6.45) is 5.46. The maximum Gasteiger partial charge on any atom is 0.226 e. The van der Waals surface area contributed by atoms with Crippen LogP contribution in [0.25, 0.3) is 0 Å². The highest BCUT2D eigenvalue weighted by molar-refractivity contribution is 5.81. The fourth-order valence-corrected chi connectivity index (χ4v) is 2.50. The Labute approximate surface area is 107 Å². The van der Waals surface area contributed by atoms with Gasteiger partial charge in [0.25, 0.3) is 0 Å². The summed E-state index contributed by atoms with van der Waals surface area (Å²) in [7, 11) is 1.68. The summed E-state index contributed by atoms with van der Waals surface area (Å²) in [5.74, 6) is 1.83. The van der Waals surface area contributed by atoms with Crippen molar-refractivity contribution in [2.75, 3.05) is 25.0 Å². The Morgan fingerprint density at radius 1 is 1.39 bits per heavy atom. The van der Waals surface area contributed by atoms with E-state index in [-0.39, 0.29) is 11.8 Å². The summed E-state index contributed by atoms with van der Waals surface area (Å²) in [5, 5.41) is 2.69. The summed E-state index contributed by atoms with van der Waals surface area (Å²) in [4.78, 5) is 22.2. The zero-order chi connectivity index (χ0) is 12.5. The maximum absolute atomic E-state index is 11.4. The number of nitrogens with one attached hydrogen (secondary N) is 1. The Hall–Kier alpha value is -1.65. The van der Waals surface area contributed by atoms with Crippen LogP contribution in [0.1, 0.15) is 30.9 Å². The molecule has 96 valence electrons. The van der Waals surface area contributed by atoms with Gasteiger partial charge in [-0.1, -0.05) is 6.42 Å². The molecule has 2 heterocycles. The molecule has 3 rings (SSSR count). The van der Waals surface area contributed by atoms with Gasteiger partial charge < -0.3 is 10.2 Å². The number of anilines is 1. The Morgan fingerprint density at radius 3 is 2.78 bits per heavy atom. The molecule has 0 spiro atoms. The van der Waals surface area contributed by atoms with Crippen molar-refractivity contribution in [1.29, 1.82) is 0 Å². The number of carbonyl (C=O) groups is 1. The molecular weight excluding hydrogens is 228 g/mol. The first-order valence-corrected chi connectivity index (χ1v) is 6.56. The first kappa shape index (κ1) is 11.4. The van der Waals surface area contributed by atoms with E-state index < -0.39 is 0 Å². The predicted octanol–water partition coefficient (Wildman–Crippen LogP) is 0.926. The van der Waals surface area contributed by atoms with Gasteiger partial charge in [0.15, 0.2) is 0 Å². The van der Waals surface area contributed by atoms with Gasteiger partial charge in [0, 0.05) is 37.8 Å². The lowest BCUT2D eigenvalue weighted by molar-refractivity contribution is -0.125. The number of hydrogen-bond donors (Lipinski definition) is 1. The van der Waals surface area contributed by atoms with E-state index in [0.717, 1.165) is 24.6 Å². The average Bonchev–Trinajstić information content (AvgIpc) is 2.25. The van der Waals surface area contributed by atoms with Crippen LogP contribution in [0.3, 0.4) is 0 Å². The van der Waals surface area contributed by atoms with Crippen LogP contribution >= 0.6 is 0 Å². The average molecular weight is 246 g/mol. The van der Waals surface area contributed by atoms with Crippen molar-refractivity contribution in [3.8, 4) is 0 Å². The molecule has 1 aromatic heterocycles. The number of rotatable bonds is 3. The monoisotopic (exact) mass is 246 g/mol. The van der Waals surface area contributed by atoms with Gasteiger partial charge in [0.2, 0.25) is 5.91 Å². The van der Waals surface area contributed by atoms with Crippen LogP contribution in [0.15, 0.2) is 12.4 Å². The molecule has 1 aliphatic carbocycles. The number of carbonyl (C=O) groups excluding carboxylic acids is 1. The van der Waals surface area contributed by atoms with Crippen molar-refractivity contribution >= 4 is 11.7 Å². The molecule has 1 aliphatic heterocycles.